The molecule has 0 heterocycles. The van der Waals surface area contributed by atoms with Gasteiger partial charge < -0.3 is 4.90 Å². The Balaban J connectivity index is -0.000000180. The molecular weight excluding hydrogens is 185 g/mol. The first kappa shape index (κ1) is 16.4. The van der Waals surface area contributed by atoms with E-state index >= 15 is 0 Å². The molecule has 0 aromatic carbocycles. The SMILES string of the molecule is CCN(CC)CC.Cl.[Cu]. The van der Waals surface area contributed by atoms with Crippen LogP contribution in [0.1, 0.15) is 20.8 Å². The average Bonchev–Trinajstić information content (AvgIpc) is 1.72. The Bertz CT molecular complexity index is 34.5. The van der Waals surface area contributed by atoms with Crippen LogP contribution in [0, 0.1) is 0 Å². The Hall–Kier alpha value is 0.769. The van der Waals surface area contributed by atoms with Gasteiger partial charge in [0.1, 0.15) is 0 Å². The molecule has 0 saturated heterocycles. The molecule has 1 nitrogen and oxygen atoms in total. The van der Waals surface area contributed by atoms with Crippen molar-refractivity contribution < 1.29 is 17.1 Å². The van der Waals surface area contributed by atoms with E-state index in [-0.39, 0.29) is 29.5 Å². The van der Waals surface area contributed by atoms with Gasteiger partial charge in [0.2, 0.25) is 0 Å². The topological polar surface area (TPSA) is 3.24 Å². The summed E-state index contributed by atoms with van der Waals surface area (Å²) in [5, 5.41) is 0. The summed E-state index contributed by atoms with van der Waals surface area (Å²) in [6.45, 7) is 10.1. The molecule has 0 fully saturated rings. The molecule has 0 atom stereocenters. The Labute approximate surface area is 75.1 Å². The van der Waals surface area contributed by atoms with Crippen LogP contribution in [0.2, 0.25) is 0 Å². The molecule has 0 aliphatic heterocycles. The van der Waals surface area contributed by atoms with Crippen LogP contribution in [-0.2, 0) is 17.1 Å². The summed E-state index contributed by atoms with van der Waals surface area (Å²) in [6, 6.07) is 0. The molecule has 0 rings (SSSR count). The maximum absolute atomic E-state index is 2.38. The van der Waals surface area contributed by atoms with E-state index in [1.54, 1.807) is 0 Å². The molecule has 0 aromatic heterocycles. The molecule has 0 amide bonds. The average molecular weight is 201 g/mol. The number of nitrogens with zero attached hydrogens (tertiary/aromatic N) is 1. The number of rotatable bonds is 3. The van der Waals surface area contributed by atoms with E-state index in [1.807, 2.05) is 0 Å². The second-order valence-corrected chi connectivity index (χ2v) is 1.62. The minimum Gasteiger partial charge on any atom is -0.304 e. The summed E-state index contributed by atoms with van der Waals surface area (Å²) in [6.07, 6.45) is 0. The molecule has 0 bridgehead atoms. The standard InChI is InChI=1S/C6H15N.ClH.Cu/c1-4-7(5-2)6-3;;/h4-6H2,1-3H3;1H;. The quantitative estimate of drug-likeness (QED) is 0.629. The van der Waals surface area contributed by atoms with Gasteiger partial charge in [-0.2, -0.15) is 0 Å². The largest absolute Gasteiger partial charge is 0.304 e. The van der Waals surface area contributed by atoms with Gasteiger partial charge in [-0.05, 0) is 19.6 Å². The van der Waals surface area contributed by atoms with Gasteiger partial charge in [0, 0.05) is 17.1 Å². The summed E-state index contributed by atoms with van der Waals surface area (Å²) >= 11 is 0. The molecule has 0 saturated carbocycles. The van der Waals surface area contributed by atoms with E-state index in [0.29, 0.717) is 0 Å². The fraction of sp³-hybridized carbons (Fsp3) is 1.00. The van der Waals surface area contributed by atoms with Crippen molar-refractivity contribution in [2.24, 2.45) is 0 Å². The molecule has 63 valence electrons. The fourth-order valence-corrected chi connectivity index (χ4v) is 0.671. The predicted molar refractivity (Wildman–Crippen MR) is 40.7 cm³/mol. The maximum atomic E-state index is 2.38. The molecule has 3 heteroatoms. The minimum atomic E-state index is 0. The van der Waals surface area contributed by atoms with E-state index in [0.717, 1.165) is 0 Å². The van der Waals surface area contributed by atoms with Gasteiger partial charge in [0.05, 0.1) is 0 Å². The van der Waals surface area contributed by atoms with Crippen molar-refractivity contribution in [3.63, 3.8) is 0 Å². The normalized spacial score (nSPS) is 8.00. The summed E-state index contributed by atoms with van der Waals surface area (Å²) in [7, 11) is 0. The first-order valence-corrected chi connectivity index (χ1v) is 3.07. The van der Waals surface area contributed by atoms with Crippen LogP contribution >= 0.6 is 12.4 Å². The third-order valence-electron chi connectivity index (χ3n) is 1.34. The van der Waals surface area contributed by atoms with Gasteiger partial charge in [0.25, 0.3) is 0 Å². The van der Waals surface area contributed by atoms with Crippen molar-refractivity contribution in [3.05, 3.63) is 0 Å². The van der Waals surface area contributed by atoms with Gasteiger partial charge in [0.15, 0.2) is 0 Å². The Morgan fingerprint density at radius 3 is 1.11 bits per heavy atom. The first-order chi connectivity index (χ1) is 3.35. The van der Waals surface area contributed by atoms with Crippen molar-refractivity contribution in [2.75, 3.05) is 19.6 Å². The van der Waals surface area contributed by atoms with Crippen LogP contribution in [0.4, 0.5) is 0 Å². The second kappa shape index (κ2) is 11.6. The van der Waals surface area contributed by atoms with Crippen LogP contribution in [0.5, 0.6) is 0 Å². The van der Waals surface area contributed by atoms with Crippen LogP contribution in [-0.4, -0.2) is 24.5 Å². The number of halogens is 1. The minimum absolute atomic E-state index is 0. The van der Waals surface area contributed by atoms with Crippen LogP contribution in [0.25, 0.3) is 0 Å². The molecule has 0 unspecified atom stereocenters. The molecule has 9 heavy (non-hydrogen) atoms. The third kappa shape index (κ3) is 8.77. The monoisotopic (exact) mass is 200 g/mol. The molecule has 1 radical (unpaired) electrons. The summed E-state index contributed by atoms with van der Waals surface area (Å²) in [4.78, 5) is 2.38. The third-order valence-corrected chi connectivity index (χ3v) is 1.34. The molecule has 0 N–H and O–H groups in total. The van der Waals surface area contributed by atoms with Crippen molar-refractivity contribution in [3.8, 4) is 0 Å². The summed E-state index contributed by atoms with van der Waals surface area (Å²) < 4.78 is 0. The Morgan fingerprint density at radius 1 is 0.889 bits per heavy atom. The van der Waals surface area contributed by atoms with Gasteiger partial charge in [-0.25, -0.2) is 0 Å². The number of hydrogen-bond donors (Lipinski definition) is 0. The molecule has 0 aliphatic carbocycles. The molecule has 0 aromatic rings. The maximum Gasteiger partial charge on any atom is 0 e. The van der Waals surface area contributed by atoms with E-state index in [4.69, 9.17) is 0 Å². The Kier molecular flexibility index (Phi) is 21.0. The van der Waals surface area contributed by atoms with Gasteiger partial charge in [-0.15, -0.1) is 12.4 Å². The number of hydrogen-bond acceptors (Lipinski definition) is 1. The van der Waals surface area contributed by atoms with E-state index in [2.05, 4.69) is 25.7 Å². The predicted octanol–water partition coefficient (Wildman–Crippen LogP) is 1.77. The van der Waals surface area contributed by atoms with Crippen molar-refractivity contribution >= 4 is 12.4 Å². The van der Waals surface area contributed by atoms with Crippen LogP contribution < -0.4 is 0 Å². The van der Waals surface area contributed by atoms with Crippen molar-refractivity contribution in [2.45, 2.75) is 20.8 Å². The van der Waals surface area contributed by atoms with E-state index in [9.17, 15) is 0 Å². The zero-order valence-corrected chi connectivity index (χ0v) is 8.04. The first-order valence-electron chi connectivity index (χ1n) is 3.07. The van der Waals surface area contributed by atoms with Crippen LogP contribution in [0.15, 0.2) is 0 Å². The second-order valence-electron chi connectivity index (χ2n) is 1.62. The fourth-order valence-electron chi connectivity index (χ4n) is 0.671. The zero-order chi connectivity index (χ0) is 5.70. The zero-order valence-electron chi connectivity index (χ0n) is 6.28. The van der Waals surface area contributed by atoms with Crippen molar-refractivity contribution in [1.29, 1.82) is 0 Å². The van der Waals surface area contributed by atoms with E-state index < -0.39 is 0 Å². The Morgan fingerprint density at radius 2 is 1.11 bits per heavy atom. The molecular formula is C6H16ClCuN. The van der Waals surface area contributed by atoms with Crippen LogP contribution in [0.3, 0.4) is 0 Å². The molecule has 0 spiro atoms. The van der Waals surface area contributed by atoms with E-state index in [1.165, 1.54) is 19.6 Å². The summed E-state index contributed by atoms with van der Waals surface area (Å²) in [5.74, 6) is 0. The smallest absolute Gasteiger partial charge is 0 e. The summed E-state index contributed by atoms with van der Waals surface area (Å²) in [5.41, 5.74) is 0. The van der Waals surface area contributed by atoms with Gasteiger partial charge in [-0.3, -0.25) is 0 Å². The van der Waals surface area contributed by atoms with Crippen molar-refractivity contribution in [1.82, 2.24) is 4.90 Å². The molecule has 0 aliphatic rings. The van der Waals surface area contributed by atoms with Gasteiger partial charge in [-0.1, -0.05) is 20.8 Å². The van der Waals surface area contributed by atoms with Gasteiger partial charge >= 0.3 is 0 Å².